The lowest BCUT2D eigenvalue weighted by Crippen LogP contribution is -2.39. The third-order valence-electron chi connectivity index (χ3n) is 5.30. The number of rotatable bonds is 8. The summed E-state index contributed by atoms with van der Waals surface area (Å²) in [7, 11) is 1.71. The Bertz CT molecular complexity index is 615. The molecule has 0 aromatic carbocycles. The van der Waals surface area contributed by atoms with Gasteiger partial charge in [0, 0.05) is 30.4 Å². The van der Waals surface area contributed by atoms with Crippen molar-refractivity contribution in [2.75, 3.05) is 39.8 Å². The van der Waals surface area contributed by atoms with Crippen LogP contribution in [0.4, 0.5) is 0 Å². The highest BCUT2D eigenvalue weighted by Crippen LogP contribution is 2.24. The number of aryl methyl sites for hydroxylation is 1. The summed E-state index contributed by atoms with van der Waals surface area (Å²) >= 11 is 0. The fraction of sp³-hybridized carbons (Fsp3) is 0.714. The molecule has 0 saturated carbocycles. The van der Waals surface area contributed by atoms with Gasteiger partial charge in [-0.15, -0.1) is 24.0 Å². The Hall–Kier alpha value is -1.09. The summed E-state index contributed by atoms with van der Waals surface area (Å²) in [6.45, 7) is 14.5. The van der Waals surface area contributed by atoms with E-state index in [9.17, 15) is 0 Å². The summed E-state index contributed by atoms with van der Waals surface area (Å²) in [5.41, 5.74) is 3.08. The maximum atomic E-state index is 5.49. The summed E-state index contributed by atoms with van der Waals surface area (Å²) in [5.74, 6) is 2.65. The topological polar surface area (TPSA) is 61.8 Å². The largest absolute Gasteiger partial charge is 0.496 e. The first-order valence-corrected chi connectivity index (χ1v) is 10.3. The molecular weight excluding hydrogens is 465 g/mol. The molecule has 1 aliphatic heterocycles. The molecule has 0 spiro atoms. The van der Waals surface area contributed by atoms with Crippen LogP contribution in [0.1, 0.15) is 49.9 Å². The first kappa shape index (κ1) is 24.9. The normalized spacial score (nSPS) is 15.8. The Kier molecular flexibility index (Phi) is 11.8. The molecule has 0 radical (unpaired) electrons. The lowest BCUT2D eigenvalue weighted by molar-refractivity contribution is 0.191. The van der Waals surface area contributed by atoms with Crippen LogP contribution < -0.4 is 15.4 Å². The van der Waals surface area contributed by atoms with Gasteiger partial charge in [0.25, 0.3) is 0 Å². The van der Waals surface area contributed by atoms with Crippen LogP contribution in [-0.2, 0) is 6.54 Å². The number of halogens is 1. The van der Waals surface area contributed by atoms with E-state index < -0.39 is 0 Å². The van der Waals surface area contributed by atoms with Gasteiger partial charge in [0.2, 0.25) is 0 Å². The van der Waals surface area contributed by atoms with E-state index in [1.54, 1.807) is 7.11 Å². The maximum absolute atomic E-state index is 5.49. The molecule has 6 nitrogen and oxygen atoms in total. The highest BCUT2D eigenvalue weighted by molar-refractivity contribution is 14.0. The number of aliphatic imine (C=N–C) groups is 1. The second-order valence-corrected chi connectivity index (χ2v) is 7.55. The van der Waals surface area contributed by atoms with E-state index in [1.807, 2.05) is 20.0 Å². The van der Waals surface area contributed by atoms with Crippen LogP contribution >= 0.6 is 24.0 Å². The summed E-state index contributed by atoms with van der Waals surface area (Å²) in [4.78, 5) is 11.8. The van der Waals surface area contributed by atoms with E-state index in [0.29, 0.717) is 6.54 Å². The molecule has 0 unspecified atom stereocenters. The first-order chi connectivity index (χ1) is 13.0. The molecule has 1 fully saturated rings. The molecular formula is C21H38IN5O. The zero-order valence-electron chi connectivity index (χ0n) is 18.2. The molecule has 1 aromatic rings. The first-order valence-electron chi connectivity index (χ1n) is 10.3. The van der Waals surface area contributed by atoms with Crippen molar-refractivity contribution in [3.63, 3.8) is 0 Å². The van der Waals surface area contributed by atoms with Crippen LogP contribution in [0.15, 0.2) is 11.2 Å². The number of likely N-dealkylation sites (tertiary alicyclic amines) is 1. The van der Waals surface area contributed by atoms with Crippen molar-refractivity contribution in [3.05, 3.63) is 23.0 Å². The number of methoxy groups -OCH3 is 1. The molecule has 160 valence electrons. The number of piperidine rings is 1. The summed E-state index contributed by atoms with van der Waals surface area (Å²) in [6, 6.07) is 0. The molecule has 0 bridgehead atoms. The lowest BCUT2D eigenvalue weighted by atomic mass is 9.99. The van der Waals surface area contributed by atoms with Crippen LogP contribution in [0.25, 0.3) is 0 Å². The molecule has 28 heavy (non-hydrogen) atoms. The number of hydrogen-bond donors (Lipinski definition) is 2. The van der Waals surface area contributed by atoms with E-state index in [2.05, 4.69) is 34.4 Å². The van der Waals surface area contributed by atoms with E-state index in [-0.39, 0.29) is 24.0 Å². The number of aromatic nitrogens is 1. The predicted octanol–water partition coefficient (Wildman–Crippen LogP) is 3.50. The quantitative estimate of drug-likeness (QED) is 0.246. The smallest absolute Gasteiger partial charge is 0.191 e. The van der Waals surface area contributed by atoms with E-state index in [1.165, 1.54) is 25.9 Å². The van der Waals surface area contributed by atoms with Crippen molar-refractivity contribution in [3.8, 4) is 5.75 Å². The van der Waals surface area contributed by atoms with Crippen LogP contribution in [0, 0.1) is 19.8 Å². The third kappa shape index (κ3) is 7.73. The van der Waals surface area contributed by atoms with E-state index in [0.717, 1.165) is 60.5 Å². The van der Waals surface area contributed by atoms with E-state index >= 15 is 0 Å². The second kappa shape index (κ2) is 13.2. The Morgan fingerprint density at radius 2 is 2.00 bits per heavy atom. The SMILES string of the molecule is CCNC(=NCc1ncc(C)c(OC)c1C)NCCCN1CCC(C)CC1.I. The second-order valence-electron chi connectivity index (χ2n) is 7.55. The van der Waals surface area contributed by atoms with Crippen molar-refractivity contribution >= 4 is 29.9 Å². The van der Waals surface area contributed by atoms with Gasteiger partial charge in [-0.2, -0.15) is 0 Å². The number of hydrogen-bond acceptors (Lipinski definition) is 4. The molecule has 2 rings (SSSR count). The number of pyridine rings is 1. The van der Waals surface area contributed by atoms with Gasteiger partial charge in [-0.1, -0.05) is 6.92 Å². The minimum atomic E-state index is 0. The van der Waals surface area contributed by atoms with Gasteiger partial charge in [0.1, 0.15) is 5.75 Å². The fourth-order valence-electron chi connectivity index (χ4n) is 3.52. The van der Waals surface area contributed by atoms with Gasteiger partial charge in [-0.05, 0) is 65.6 Å². The Balaban J connectivity index is 0.00000392. The highest BCUT2D eigenvalue weighted by Gasteiger charge is 2.14. The molecule has 0 aliphatic carbocycles. The summed E-state index contributed by atoms with van der Waals surface area (Å²) < 4.78 is 5.49. The minimum absolute atomic E-state index is 0. The minimum Gasteiger partial charge on any atom is -0.496 e. The van der Waals surface area contributed by atoms with Crippen LogP contribution in [0.3, 0.4) is 0 Å². The number of nitrogens with zero attached hydrogens (tertiary/aromatic N) is 3. The summed E-state index contributed by atoms with van der Waals surface area (Å²) in [6.07, 6.45) is 5.67. The zero-order chi connectivity index (χ0) is 19.6. The standard InChI is InChI=1S/C21H37N5O.HI/c1-6-22-21(23-10-7-11-26-12-8-16(2)9-13-26)25-15-19-18(4)20(27-5)17(3)14-24-19;/h14,16H,6-13,15H2,1-5H3,(H2,22,23,25);1H. The molecule has 1 aliphatic rings. The number of nitrogens with one attached hydrogen (secondary N) is 2. The van der Waals surface area contributed by atoms with Crippen molar-refractivity contribution < 1.29 is 4.74 Å². The van der Waals surface area contributed by atoms with Crippen molar-refractivity contribution in [2.45, 2.75) is 53.5 Å². The van der Waals surface area contributed by atoms with Gasteiger partial charge in [0.15, 0.2) is 5.96 Å². The van der Waals surface area contributed by atoms with Crippen LogP contribution in [-0.4, -0.2) is 55.7 Å². The monoisotopic (exact) mass is 503 g/mol. The number of ether oxygens (including phenoxy) is 1. The van der Waals surface area contributed by atoms with Crippen molar-refractivity contribution in [1.82, 2.24) is 20.5 Å². The predicted molar refractivity (Wildman–Crippen MR) is 128 cm³/mol. The molecule has 1 saturated heterocycles. The van der Waals surface area contributed by atoms with Gasteiger partial charge >= 0.3 is 0 Å². The lowest BCUT2D eigenvalue weighted by Gasteiger charge is -2.30. The molecule has 7 heteroatoms. The Labute approximate surface area is 187 Å². The van der Waals surface area contributed by atoms with E-state index in [4.69, 9.17) is 9.73 Å². The Morgan fingerprint density at radius 3 is 2.64 bits per heavy atom. The van der Waals surface area contributed by atoms with Gasteiger partial charge in [-0.25, -0.2) is 4.99 Å². The zero-order valence-corrected chi connectivity index (χ0v) is 20.5. The average Bonchev–Trinajstić information content (AvgIpc) is 2.66. The molecule has 2 heterocycles. The van der Waals surface area contributed by atoms with Crippen molar-refractivity contribution in [2.24, 2.45) is 10.9 Å². The van der Waals surface area contributed by atoms with Gasteiger partial charge in [0.05, 0.1) is 19.3 Å². The van der Waals surface area contributed by atoms with Gasteiger partial charge in [-0.3, -0.25) is 4.98 Å². The Morgan fingerprint density at radius 1 is 1.29 bits per heavy atom. The molecule has 1 aromatic heterocycles. The van der Waals surface area contributed by atoms with Crippen molar-refractivity contribution in [1.29, 1.82) is 0 Å². The fourth-order valence-corrected chi connectivity index (χ4v) is 3.52. The van der Waals surface area contributed by atoms with Crippen LogP contribution in [0.5, 0.6) is 5.75 Å². The average molecular weight is 503 g/mol. The summed E-state index contributed by atoms with van der Waals surface area (Å²) in [5, 5.41) is 6.77. The molecule has 2 N–H and O–H groups in total. The molecule has 0 amide bonds. The highest BCUT2D eigenvalue weighted by atomic mass is 127. The number of guanidine groups is 1. The van der Waals surface area contributed by atoms with Gasteiger partial charge < -0.3 is 20.3 Å². The third-order valence-corrected chi connectivity index (χ3v) is 5.30. The molecule has 0 atom stereocenters. The maximum Gasteiger partial charge on any atom is 0.191 e. The van der Waals surface area contributed by atoms with Crippen LogP contribution in [0.2, 0.25) is 0 Å².